The van der Waals surface area contributed by atoms with Gasteiger partial charge in [-0.3, -0.25) is 4.79 Å². The molecule has 19 heavy (non-hydrogen) atoms. The van der Waals surface area contributed by atoms with Crippen LogP contribution in [-0.2, 0) is 4.79 Å². The largest absolute Gasteiger partial charge is 0.409 e. The van der Waals surface area contributed by atoms with Crippen molar-refractivity contribution >= 4 is 11.7 Å². The maximum absolute atomic E-state index is 12.7. The second-order valence-corrected chi connectivity index (χ2v) is 5.22. The average Bonchev–Trinajstić information content (AvgIpc) is 2.48. The second-order valence-electron chi connectivity index (χ2n) is 5.22. The highest BCUT2D eigenvalue weighted by Gasteiger charge is 2.43. The number of carbonyl (C=O) groups excluding carboxylic acids is 1. The van der Waals surface area contributed by atoms with Crippen LogP contribution in [0.5, 0.6) is 0 Å². The zero-order chi connectivity index (χ0) is 14.5. The molecular weight excluding hydrogens is 246 g/mol. The number of aliphatic hydroxyl groups excluding tert-OH is 1. The van der Waals surface area contributed by atoms with Crippen LogP contribution in [0.2, 0.25) is 0 Å². The molecule has 6 nitrogen and oxygen atoms in total. The van der Waals surface area contributed by atoms with E-state index in [2.05, 4.69) is 5.16 Å². The maximum Gasteiger partial charge on any atom is 0.236 e. The van der Waals surface area contributed by atoms with E-state index in [1.54, 1.807) is 4.90 Å². The highest BCUT2D eigenvalue weighted by molar-refractivity contribution is 6.06. The lowest BCUT2D eigenvalue weighted by atomic mass is 9.79. The van der Waals surface area contributed by atoms with E-state index in [-0.39, 0.29) is 24.3 Å². The Morgan fingerprint density at radius 2 is 2.11 bits per heavy atom. The first-order valence-corrected chi connectivity index (χ1v) is 6.93. The summed E-state index contributed by atoms with van der Waals surface area (Å²) in [6, 6.07) is 0. The molecule has 1 heterocycles. The summed E-state index contributed by atoms with van der Waals surface area (Å²) in [6.07, 6.45) is 2.82. The van der Waals surface area contributed by atoms with Crippen molar-refractivity contribution in [2.75, 3.05) is 19.7 Å². The molecule has 1 aliphatic rings. The fourth-order valence-electron chi connectivity index (χ4n) is 2.82. The van der Waals surface area contributed by atoms with Gasteiger partial charge in [0.15, 0.2) is 5.84 Å². The van der Waals surface area contributed by atoms with Crippen LogP contribution in [0, 0.1) is 11.3 Å². The molecule has 0 radical (unpaired) electrons. The van der Waals surface area contributed by atoms with Crippen LogP contribution in [0.4, 0.5) is 0 Å². The van der Waals surface area contributed by atoms with Gasteiger partial charge in [-0.15, -0.1) is 0 Å². The van der Waals surface area contributed by atoms with Gasteiger partial charge in [-0.05, 0) is 31.6 Å². The third kappa shape index (κ3) is 3.00. The van der Waals surface area contributed by atoms with Gasteiger partial charge >= 0.3 is 0 Å². The number of carbonyl (C=O) groups is 1. The van der Waals surface area contributed by atoms with Crippen LogP contribution in [0.1, 0.15) is 39.5 Å². The van der Waals surface area contributed by atoms with Crippen LogP contribution < -0.4 is 5.73 Å². The van der Waals surface area contributed by atoms with Crippen molar-refractivity contribution in [3.63, 3.8) is 0 Å². The van der Waals surface area contributed by atoms with Gasteiger partial charge in [-0.25, -0.2) is 0 Å². The molecule has 0 bridgehead atoms. The van der Waals surface area contributed by atoms with E-state index in [4.69, 9.17) is 10.9 Å². The third-order valence-electron chi connectivity index (χ3n) is 4.28. The van der Waals surface area contributed by atoms with Gasteiger partial charge in [0.05, 0.1) is 0 Å². The van der Waals surface area contributed by atoms with E-state index in [0.29, 0.717) is 25.9 Å². The number of nitrogens with zero attached hydrogens (tertiary/aromatic N) is 2. The van der Waals surface area contributed by atoms with E-state index in [1.807, 2.05) is 13.8 Å². The topological polar surface area (TPSA) is 99.2 Å². The number of hydrogen-bond donors (Lipinski definition) is 3. The molecule has 0 aromatic rings. The summed E-state index contributed by atoms with van der Waals surface area (Å²) >= 11 is 0. The molecule has 0 aliphatic carbocycles. The third-order valence-corrected chi connectivity index (χ3v) is 4.28. The summed E-state index contributed by atoms with van der Waals surface area (Å²) < 4.78 is 0. The van der Waals surface area contributed by atoms with E-state index in [1.165, 1.54) is 0 Å². The van der Waals surface area contributed by atoms with Gasteiger partial charge in [-0.2, -0.15) is 0 Å². The number of amidine groups is 1. The lowest BCUT2D eigenvalue weighted by Crippen LogP contribution is -2.53. The fraction of sp³-hybridized carbons (Fsp3) is 0.846. The number of nitrogens with two attached hydrogens (primary N) is 1. The van der Waals surface area contributed by atoms with Crippen LogP contribution in [0.15, 0.2) is 5.16 Å². The van der Waals surface area contributed by atoms with E-state index >= 15 is 0 Å². The number of likely N-dealkylation sites (tertiary alicyclic amines) is 1. The Morgan fingerprint density at radius 1 is 1.47 bits per heavy atom. The average molecular weight is 271 g/mol. The van der Waals surface area contributed by atoms with Crippen molar-refractivity contribution in [2.24, 2.45) is 22.2 Å². The molecule has 1 fully saturated rings. The Labute approximate surface area is 114 Å². The Balaban J connectivity index is 2.94. The first kappa shape index (κ1) is 15.8. The summed E-state index contributed by atoms with van der Waals surface area (Å²) in [7, 11) is 0. The monoisotopic (exact) mass is 271 g/mol. The quantitative estimate of drug-likeness (QED) is 0.298. The van der Waals surface area contributed by atoms with Gasteiger partial charge in [0, 0.05) is 19.7 Å². The number of piperidine rings is 1. The molecular formula is C13H25N3O3. The minimum atomic E-state index is -0.925. The predicted molar refractivity (Wildman–Crippen MR) is 72.8 cm³/mol. The summed E-state index contributed by atoms with van der Waals surface area (Å²) in [4.78, 5) is 14.5. The van der Waals surface area contributed by atoms with E-state index in [0.717, 1.165) is 12.8 Å². The van der Waals surface area contributed by atoms with E-state index in [9.17, 15) is 9.90 Å². The lowest BCUT2D eigenvalue weighted by molar-refractivity contribution is -0.141. The molecule has 1 unspecified atom stereocenters. The van der Waals surface area contributed by atoms with E-state index < -0.39 is 5.41 Å². The van der Waals surface area contributed by atoms with Crippen molar-refractivity contribution < 1.29 is 15.1 Å². The number of amides is 1. The van der Waals surface area contributed by atoms with Gasteiger partial charge < -0.3 is 20.9 Å². The van der Waals surface area contributed by atoms with Gasteiger partial charge in [0.25, 0.3) is 0 Å². The molecule has 110 valence electrons. The Hall–Kier alpha value is -1.30. The molecule has 0 spiro atoms. The molecule has 4 N–H and O–H groups in total. The van der Waals surface area contributed by atoms with Gasteiger partial charge in [0.1, 0.15) is 5.41 Å². The SMILES string of the molecule is CCC(CC)(C(=O)N1CCCC(CO)C1)C(N)=NO. The number of aliphatic hydroxyl groups is 1. The molecule has 1 amide bonds. The summed E-state index contributed by atoms with van der Waals surface area (Å²) in [5, 5.41) is 21.2. The normalized spacial score (nSPS) is 21.5. The summed E-state index contributed by atoms with van der Waals surface area (Å²) in [5.74, 6) is 0.0240. The summed E-state index contributed by atoms with van der Waals surface area (Å²) in [5.41, 5.74) is 4.83. The Kier molecular flexibility index (Phi) is 5.60. The van der Waals surface area contributed by atoms with Crippen LogP contribution >= 0.6 is 0 Å². The summed E-state index contributed by atoms with van der Waals surface area (Å²) in [6.45, 7) is 5.06. The van der Waals surface area contributed by atoms with Gasteiger partial charge in [0.2, 0.25) is 5.91 Å². The molecule has 1 aliphatic heterocycles. The number of rotatable bonds is 5. The van der Waals surface area contributed by atoms with Crippen molar-refractivity contribution in [2.45, 2.75) is 39.5 Å². The molecule has 1 saturated heterocycles. The van der Waals surface area contributed by atoms with Crippen LogP contribution in [0.3, 0.4) is 0 Å². The maximum atomic E-state index is 12.7. The van der Waals surface area contributed by atoms with Crippen LogP contribution in [-0.4, -0.2) is 46.7 Å². The van der Waals surface area contributed by atoms with Crippen LogP contribution in [0.25, 0.3) is 0 Å². The first-order chi connectivity index (χ1) is 9.05. The highest BCUT2D eigenvalue weighted by Crippen LogP contribution is 2.31. The standard InChI is InChI=1S/C13H25N3O3/c1-3-13(4-2,11(14)15-19)12(18)16-7-5-6-10(8-16)9-17/h10,17,19H,3-9H2,1-2H3,(H2,14,15). The lowest BCUT2D eigenvalue weighted by Gasteiger charge is -2.39. The second kappa shape index (κ2) is 6.75. The molecule has 1 rings (SSSR count). The Bertz CT molecular complexity index is 340. The number of oxime groups is 1. The molecule has 1 atom stereocenters. The van der Waals surface area contributed by atoms with Crippen molar-refractivity contribution in [1.29, 1.82) is 0 Å². The highest BCUT2D eigenvalue weighted by atomic mass is 16.4. The van der Waals surface area contributed by atoms with Gasteiger partial charge in [-0.1, -0.05) is 19.0 Å². The fourth-order valence-corrected chi connectivity index (χ4v) is 2.82. The first-order valence-electron chi connectivity index (χ1n) is 6.93. The number of hydrogen-bond acceptors (Lipinski definition) is 4. The molecule has 0 saturated carbocycles. The molecule has 6 heteroatoms. The minimum Gasteiger partial charge on any atom is -0.409 e. The van der Waals surface area contributed by atoms with Crippen molar-refractivity contribution in [1.82, 2.24) is 4.90 Å². The smallest absolute Gasteiger partial charge is 0.236 e. The van der Waals surface area contributed by atoms with Crippen molar-refractivity contribution in [3.8, 4) is 0 Å². The minimum absolute atomic E-state index is 0.0198. The molecule has 0 aromatic heterocycles. The zero-order valence-electron chi connectivity index (χ0n) is 11.8. The predicted octanol–water partition coefficient (Wildman–Crippen LogP) is 0.770. The zero-order valence-corrected chi connectivity index (χ0v) is 11.8. The Morgan fingerprint density at radius 3 is 2.58 bits per heavy atom. The van der Waals surface area contributed by atoms with Crippen molar-refractivity contribution in [3.05, 3.63) is 0 Å². The molecule has 0 aromatic carbocycles.